The van der Waals surface area contributed by atoms with Crippen molar-refractivity contribution in [2.24, 2.45) is 5.73 Å². The summed E-state index contributed by atoms with van der Waals surface area (Å²) in [4.78, 5) is 10.4. The van der Waals surface area contributed by atoms with Crippen molar-refractivity contribution in [3.05, 3.63) is 0 Å². The van der Waals surface area contributed by atoms with E-state index in [-0.39, 0.29) is 12.1 Å². The Morgan fingerprint density at radius 2 is 2.30 bits per heavy atom. The largest absolute Gasteiger partial charge is 0.326 e. The lowest BCUT2D eigenvalue weighted by Crippen LogP contribution is -2.44. The molecule has 2 unspecified atom stereocenters. The molecule has 58 valence electrons. The summed E-state index contributed by atoms with van der Waals surface area (Å²) in [7, 11) is 0. The third-order valence-electron chi connectivity index (χ3n) is 1.95. The van der Waals surface area contributed by atoms with Crippen LogP contribution < -0.4 is 11.1 Å². The Labute approximate surface area is 61.0 Å². The van der Waals surface area contributed by atoms with Crippen molar-refractivity contribution in [3.63, 3.8) is 0 Å². The van der Waals surface area contributed by atoms with Crippen molar-refractivity contribution in [3.8, 4) is 0 Å². The topological polar surface area (TPSA) is 55.1 Å². The summed E-state index contributed by atoms with van der Waals surface area (Å²) in [6.45, 7) is 0.928. The van der Waals surface area contributed by atoms with Crippen molar-refractivity contribution in [2.75, 3.05) is 6.54 Å². The zero-order chi connectivity index (χ0) is 7.40. The molecule has 3 heteroatoms. The molecule has 0 saturated carbocycles. The molecular weight excluding hydrogens is 128 g/mol. The highest BCUT2D eigenvalue weighted by molar-refractivity contribution is 5.58. The summed E-state index contributed by atoms with van der Waals surface area (Å²) in [5, 5.41) is 3.09. The second kappa shape index (κ2) is 3.68. The number of nitrogens with two attached hydrogens (primary N) is 1. The van der Waals surface area contributed by atoms with Gasteiger partial charge in [-0.1, -0.05) is 6.42 Å². The van der Waals surface area contributed by atoms with Crippen molar-refractivity contribution in [1.82, 2.24) is 5.32 Å². The maximum absolute atomic E-state index is 10.4. The monoisotopic (exact) mass is 142 g/mol. The molecule has 1 aliphatic rings. The lowest BCUT2D eigenvalue weighted by Gasteiger charge is -2.14. The summed E-state index contributed by atoms with van der Waals surface area (Å²) in [5.41, 5.74) is 5.70. The maximum atomic E-state index is 10.4. The Morgan fingerprint density at radius 3 is 3.00 bits per heavy atom. The predicted octanol–water partition coefficient (Wildman–Crippen LogP) is -0.345. The molecule has 3 nitrogen and oxygen atoms in total. The summed E-state index contributed by atoms with van der Waals surface area (Å²) < 4.78 is 0. The number of aldehydes is 1. The Balaban J connectivity index is 2.43. The second-order valence-electron chi connectivity index (χ2n) is 2.78. The van der Waals surface area contributed by atoms with Gasteiger partial charge in [-0.25, -0.2) is 0 Å². The van der Waals surface area contributed by atoms with Gasteiger partial charge in [0.05, 0.1) is 6.04 Å². The van der Waals surface area contributed by atoms with E-state index in [1.165, 1.54) is 0 Å². The average molecular weight is 142 g/mol. The van der Waals surface area contributed by atoms with Crippen LogP contribution in [0.1, 0.15) is 19.3 Å². The van der Waals surface area contributed by atoms with E-state index in [9.17, 15) is 4.79 Å². The van der Waals surface area contributed by atoms with E-state index in [1.807, 2.05) is 0 Å². The molecule has 0 spiro atoms. The first kappa shape index (κ1) is 7.69. The molecule has 0 bridgehead atoms. The summed E-state index contributed by atoms with van der Waals surface area (Å²) in [6.07, 6.45) is 4.16. The van der Waals surface area contributed by atoms with E-state index in [0.717, 1.165) is 32.1 Å². The second-order valence-corrected chi connectivity index (χ2v) is 2.78. The Kier molecular flexibility index (Phi) is 2.83. The number of carbonyl (C=O) groups excluding carboxylic acids is 1. The van der Waals surface area contributed by atoms with Crippen LogP contribution in [0.3, 0.4) is 0 Å². The molecule has 3 N–H and O–H groups in total. The minimum atomic E-state index is -0.109. The molecule has 2 atom stereocenters. The van der Waals surface area contributed by atoms with Gasteiger partial charge in [0, 0.05) is 6.04 Å². The maximum Gasteiger partial charge on any atom is 0.138 e. The molecule has 10 heavy (non-hydrogen) atoms. The fourth-order valence-corrected chi connectivity index (χ4v) is 1.25. The van der Waals surface area contributed by atoms with Crippen LogP contribution in [-0.4, -0.2) is 24.9 Å². The quantitative estimate of drug-likeness (QED) is 0.492. The van der Waals surface area contributed by atoms with E-state index in [4.69, 9.17) is 5.73 Å². The van der Waals surface area contributed by atoms with E-state index in [0.29, 0.717) is 0 Å². The first-order valence-electron chi connectivity index (χ1n) is 3.79. The van der Waals surface area contributed by atoms with Gasteiger partial charge in [-0.2, -0.15) is 0 Å². The number of carbonyl (C=O) groups is 1. The average Bonchev–Trinajstić information content (AvgIpc) is 2.13. The van der Waals surface area contributed by atoms with Gasteiger partial charge in [0.1, 0.15) is 6.29 Å². The van der Waals surface area contributed by atoms with Gasteiger partial charge in [0.2, 0.25) is 0 Å². The fraction of sp³-hybridized carbons (Fsp3) is 0.857. The predicted molar refractivity (Wildman–Crippen MR) is 39.7 cm³/mol. The van der Waals surface area contributed by atoms with Crippen LogP contribution >= 0.6 is 0 Å². The van der Waals surface area contributed by atoms with Crippen molar-refractivity contribution in [1.29, 1.82) is 0 Å². The molecule has 0 aromatic heterocycles. The van der Waals surface area contributed by atoms with Crippen LogP contribution in [0.15, 0.2) is 0 Å². The van der Waals surface area contributed by atoms with Gasteiger partial charge in [-0.05, 0) is 19.4 Å². The standard InChI is InChI=1S/C7H14N2O/c8-6-3-1-2-4-9-7(6)5-10/h5-7,9H,1-4,8H2. The van der Waals surface area contributed by atoms with Gasteiger partial charge in [-0.15, -0.1) is 0 Å². The molecule has 0 amide bonds. The molecule has 1 fully saturated rings. The lowest BCUT2D eigenvalue weighted by molar-refractivity contribution is -0.109. The fourth-order valence-electron chi connectivity index (χ4n) is 1.25. The lowest BCUT2D eigenvalue weighted by atomic mass is 10.1. The third kappa shape index (κ3) is 1.78. The first-order valence-corrected chi connectivity index (χ1v) is 3.79. The van der Waals surface area contributed by atoms with E-state index in [2.05, 4.69) is 5.32 Å². The van der Waals surface area contributed by atoms with Crippen LogP contribution in [0, 0.1) is 0 Å². The number of hydrogen-bond acceptors (Lipinski definition) is 3. The van der Waals surface area contributed by atoms with Crippen LogP contribution in [0.4, 0.5) is 0 Å². The first-order chi connectivity index (χ1) is 4.84. The SMILES string of the molecule is NC1CCCCNC1C=O. The normalized spacial score (nSPS) is 34.9. The number of rotatable bonds is 1. The summed E-state index contributed by atoms with van der Waals surface area (Å²) >= 11 is 0. The van der Waals surface area contributed by atoms with Gasteiger partial charge in [0.15, 0.2) is 0 Å². The summed E-state index contributed by atoms with van der Waals surface area (Å²) in [5.74, 6) is 0. The van der Waals surface area contributed by atoms with E-state index < -0.39 is 0 Å². The molecule has 0 aliphatic carbocycles. The van der Waals surface area contributed by atoms with Crippen molar-refractivity contribution in [2.45, 2.75) is 31.3 Å². The van der Waals surface area contributed by atoms with Crippen LogP contribution in [0.2, 0.25) is 0 Å². The summed E-state index contributed by atoms with van der Waals surface area (Å²) in [6, 6.07) is -0.0810. The van der Waals surface area contributed by atoms with Crippen molar-refractivity contribution < 1.29 is 4.79 Å². The smallest absolute Gasteiger partial charge is 0.138 e. The molecule has 0 aromatic carbocycles. The van der Waals surface area contributed by atoms with Gasteiger partial charge in [0.25, 0.3) is 0 Å². The molecule has 1 aliphatic heterocycles. The molecule has 1 heterocycles. The van der Waals surface area contributed by atoms with Crippen LogP contribution in [0.5, 0.6) is 0 Å². The Morgan fingerprint density at radius 1 is 1.50 bits per heavy atom. The zero-order valence-corrected chi connectivity index (χ0v) is 6.05. The molecule has 1 saturated heterocycles. The Hall–Kier alpha value is -0.410. The highest BCUT2D eigenvalue weighted by Gasteiger charge is 2.17. The van der Waals surface area contributed by atoms with E-state index in [1.54, 1.807) is 0 Å². The highest BCUT2D eigenvalue weighted by atomic mass is 16.1. The highest BCUT2D eigenvalue weighted by Crippen LogP contribution is 2.05. The van der Waals surface area contributed by atoms with E-state index >= 15 is 0 Å². The number of nitrogens with one attached hydrogen (secondary N) is 1. The van der Waals surface area contributed by atoms with Gasteiger partial charge in [-0.3, -0.25) is 0 Å². The van der Waals surface area contributed by atoms with Crippen molar-refractivity contribution >= 4 is 6.29 Å². The number of hydrogen-bond donors (Lipinski definition) is 2. The van der Waals surface area contributed by atoms with Crippen LogP contribution in [-0.2, 0) is 4.79 Å². The molecule has 1 rings (SSSR count). The van der Waals surface area contributed by atoms with Gasteiger partial charge >= 0.3 is 0 Å². The molecule has 0 aromatic rings. The minimum Gasteiger partial charge on any atom is -0.326 e. The zero-order valence-electron chi connectivity index (χ0n) is 6.05. The van der Waals surface area contributed by atoms with Gasteiger partial charge < -0.3 is 15.8 Å². The van der Waals surface area contributed by atoms with Crippen LogP contribution in [0.25, 0.3) is 0 Å². The molecular formula is C7H14N2O. The Bertz CT molecular complexity index is 116. The minimum absolute atomic E-state index is 0.0278. The molecule has 0 radical (unpaired) electrons. The third-order valence-corrected chi connectivity index (χ3v) is 1.95.